The summed E-state index contributed by atoms with van der Waals surface area (Å²) >= 11 is 1.47. The van der Waals surface area contributed by atoms with Crippen LogP contribution in [0.1, 0.15) is 27.2 Å². The molecule has 2 rings (SSSR count). The van der Waals surface area contributed by atoms with Gasteiger partial charge >= 0.3 is 5.97 Å². The van der Waals surface area contributed by atoms with Crippen molar-refractivity contribution in [3.8, 4) is 0 Å². The van der Waals surface area contributed by atoms with Crippen molar-refractivity contribution in [2.45, 2.75) is 27.2 Å². The highest BCUT2D eigenvalue weighted by atomic mass is 32.2. The summed E-state index contributed by atoms with van der Waals surface area (Å²) in [4.78, 5) is 37.2. The Morgan fingerprint density at radius 3 is 2.58 bits per heavy atom. The van der Waals surface area contributed by atoms with Crippen LogP contribution in [0.25, 0.3) is 0 Å². The summed E-state index contributed by atoms with van der Waals surface area (Å²) in [6.45, 7) is 5.92. The number of carboxylic acids is 1. The first-order valence-corrected chi connectivity index (χ1v) is 7.17. The number of fused-ring (bicyclic) bond motifs is 1. The van der Waals surface area contributed by atoms with Gasteiger partial charge in [0.2, 0.25) is 5.91 Å². The lowest BCUT2D eigenvalue weighted by atomic mass is 9.81. The molecule has 2 aliphatic rings. The Hall–Kier alpha value is -1.30. The first-order chi connectivity index (χ1) is 8.73. The number of hydrogen-bond acceptors (Lipinski definition) is 4. The van der Waals surface area contributed by atoms with Gasteiger partial charge in [-0.15, -0.1) is 11.8 Å². The third-order valence-corrected chi connectivity index (χ3v) is 4.35. The van der Waals surface area contributed by atoms with Crippen molar-refractivity contribution in [1.82, 2.24) is 4.90 Å². The fourth-order valence-electron chi connectivity index (χ4n) is 2.33. The van der Waals surface area contributed by atoms with E-state index in [0.717, 1.165) is 5.75 Å². The Morgan fingerprint density at radius 1 is 1.42 bits per heavy atom. The summed E-state index contributed by atoms with van der Waals surface area (Å²) in [7, 11) is 0. The van der Waals surface area contributed by atoms with Gasteiger partial charge in [0.05, 0.1) is 17.4 Å². The third kappa shape index (κ3) is 2.41. The zero-order chi connectivity index (χ0) is 14.4. The van der Waals surface area contributed by atoms with E-state index in [-0.39, 0.29) is 18.1 Å². The van der Waals surface area contributed by atoms with Crippen molar-refractivity contribution >= 4 is 29.4 Å². The Morgan fingerprint density at radius 2 is 2.05 bits per heavy atom. The minimum Gasteiger partial charge on any atom is -0.481 e. The highest BCUT2D eigenvalue weighted by molar-refractivity contribution is 8.03. The van der Waals surface area contributed by atoms with E-state index in [0.29, 0.717) is 17.1 Å². The van der Waals surface area contributed by atoms with E-state index in [1.807, 2.05) is 0 Å². The summed E-state index contributed by atoms with van der Waals surface area (Å²) in [5.41, 5.74) is -0.208. The summed E-state index contributed by atoms with van der Waals surface area (Å²) in [5, 5.41) is 9.62. The second-order valence-electron chi connectivity index (χ2n) is 5.79. The summed E-state index contributed by atoms with van der Waals surface area (Å²) in [6, 6.07) is 0. The van der Waals surface area contributed by atoms with Gasteiger partial charge in [-0.2, -0.15) is 0 Å². The molecule has 1 N–H and O–H groups in total. The number of carbonyl (C=O) groups is 3. The van der Waals surface area contributed by atoms with Gasteiger partial charge in [0.25, 0.3) is 0 Å². The lowest BCUT2D eigenvalue weighted by Crippen LogP contribution is -2.31. The van der Waals surface area contributed by atoms with Crippen LogP contribution >= 0.6 is 11.8 Å². The molecule has 2 heterocycles. The lowest BCUT2D eigenvalue weighted by molar-refractivity contribution is -0.142. The Labute approximate surface area is 116 Å². The van der Waals surface area contributed by atoms with E-state index in [1.165, 1.54) is 11.8 Å². The molecule has 0 saturated carbocycles. The normalized spacial score (nSPS) is 23.0. The standard InChI is InChI=1S/C13H17NO4S/c1-13(2,3)10(17)9-7(6-8(15)16)11(18)14-4-5-19-12(9)14/h7H,4-6H2,1-3H3,(H,15,16). The number of thioether (sulfide) groups is 1. The average molecular weight is 283 g/mol. The maximum atomic E-state index is 12.5. The maximum absolute atomic E-state index is 12.5. The van der Waals surface area contributed by atoms with Crippen LogP contribution in [0.4, 0.5) is 0 Å². The Bertz CT molecular complexity index is 489. The predicted octanol–water partition coefficient (Wildman–Crippen LogP) is 1.49. The molecule has 1 amide bonds. The van der Waals surface area contributed by atoms with Gasteiger partial charge in [-0.1, -0.05) is 20.8 Å². The van der Waals surface area contributed by atoms with Gasteiger partial charge in [0.1, 0.15) is 0 Å². The van der Waals surface area contributed by atoms with E-state index >= 15 is 0 Å². The zero-order valence-electron chi connectivity index (χ0n) is 11.2. The van der Waals surface area contributed by atoms with Crippen molar-refractivity contribution in [1.29, 1.82) is 0 Å². The molecule has 1 saturated heterocycles. The number of hydrogen-bond donors (Lipinski definition) is 1. The number of carboxylic acid groups (broad SMARTS) is 1. The number of ketones is 1. The van der Waals surface area contributed by atoms with Crippen LogP contribution in [0.3, 0.4) is 0 Å². The van der Waals surface area contributed by atoms with Gasteiger partial charge in [0.15, 0.2) is 5.78 Å². The molecular weight excluding hydrogens is 266 g/mol. The van der Waals surface area contributed by atoms with Crippen molar-refractivity contribution < 1.29 is 19.5 Å². The number of Topliss-reactive ketones (excluding diaryl/α,β-unsaturated/α-hetero) is 1. The lowest BCUT2D eigenvalue weighted by Gasteiger charge is -2.20. The number of nitrogens with zero attached hydrogens (tertiary/aromatic N) is 1. The predicted molar refractivity (Wildman–Crippen MR) is 71.4 cm³/mol. The van der Waals surface area contributed by atoms with Crippen LogP contribution in [-0.4, -0.2) is 40.0 Å². The minimum absolute atomic E-state index is 0.126. The highest BCUT2D eigenvalue weighted by Gasteiger charge is 2.47. The smallest absolute Gasteiger partial charge is 0.304 e. The van der Waals surface area contributed by atoms with E-state index < -0.39 is 17.3 Å². The van der Waals surface area contributed by atoms with Crippen molar-refractivity contribution in [3.05, 3.63) is 10.6 Å². The van der Waals surface area contributed by atoms with Gasteiger partial charge < -0.3 is 10.0 Å². The first kappa shape index (κ1) is 14.1. The van der Waals surface area contributed by atoms with Crippen molar-refractivity contribution in [2.24, 2.45) is 11.3 Å². The Balaban J connectivity index is 2.44. The molecule has 2 aliphatic heterocycles. The molecule has 5 nitrogen and oxygen atoms in total. The molecule has 0 aromatic carbocycles. The molecule has 0 aliphatic carbocycles. The van der Waals surface area contributed by atoms with Crippen LogP contribution in [0.15, 0.2) is 10.6 Å². The number of amides is 1. The average Bonchev–Trinajstić information content (AvgIpc) is 2.81. The molecule has 0 aromatic heterocycles. The van der Waals surface area contributed by atoms with E-state index in [1.54, 1.807) is 25.7 Å². The van der Waals surface area contributed by atoms with Gasteiger partial charge in [-0.3, -0.25) is 14.4 Å². The first-order valence-electron chi connectivity index (χ1n) is 6.18. The van der Waals surface area contributed by atoms with Crippen molar-refractivity contribution in [3.63, 3.8) is 0 Å². The topological polar surface area (TPSA) is 74.7 Å². The minimum atomic E-state index is -1.05. The fraction of sp³-hybridized carbons (Fsp3) is 0.615. The van der Waals surface area contributed by atoms with Gasteiger partial charge in [-0.25, -0.2) is 0 Å². The SMILES string of the molecule is CC(C)(C)C(=O)C1=C2SCCN2C(=O)C1CC(=O)O. The number of carbonyl (C=O) groups excluding carboxylic acids is 2. The Kier molecular flexibility index (Phi) is 3.47. The van der Waals surface area contributed by atoms with Gasteiger partial charge in [0, 0.05) is 23.3 Å². The van der Waals surface area contributed by atoms with Crippen LogP contribution in [-0.2, 0) is 14.4 Å². The summed E-state index contributed by atoms with van der Waals surface area (Å²) in [5.74, 6) is -1.47. The van der Waals surface area contributed by atoms with Crippen LogP contribution < -0.4 is 0 Å². The van der Waals surface area contributed by atoms with Crippen LogP contribution in [0.2, 0.25) is 0 Å². The molecule has 1 unspecified atom stereocenters. The molecule has 0 spiro atoms. The molecule has 0 radical (unpaired) electrons. The molecule has 0 aromatic rings. The summed E-state index contributed by atoms with van der Waals surface area (Å²) in [6.07, 6.45) is -0.309. The zero-order valence-corrected chi connectivity index (χ0v) is 12.0. The summed E-state index contributed by atoms with van der Waals surface area (Å²) < 4.78 is 0. The van der Waals surface area contributed by atoms with E-state index in [2.05, 4.69) is 0 Å². The number of aliphatic carboxylic acids is 1. The van der Waals surface area contributed by atoms with Crippen LogP contribution in [0.5, 0.6) is 0 Å². The third-order valence-electron chi connectivity index (χ3n) is 3.25. The largest absolute Gasteiger partial charge is 0.481 e. The maximum Gasteiger partial charge on any atom is 0.304 e. The molecule has 6 heteroatoms. The fourth-order valence-corrected chi connectivity index (χ4v) is 3.53. The molecule has 19 heavy (non-hydrogen) atoms. The quantitative estimate of drug-likeness (QED) is 0.849. The molecule has 104 valence electrons. The number of rotatable bonds is 3. The second-order valence-corrected chi connectivity index (χ2v) is 6.87. The molecule has 1 fully saturated rings. The van der Waals surface area contributed by atoms with Gasteiger partial charge in [-0.05, 0) is 0 Å². The highest BCUT2D eigenvalue weighted by Crippen LogP contribution is 2.44. The second kappa shape index (κ2) is 4.67. The molecule has 0 bridgehead atoms. The monoisotopic (exact) mass is 283 g/mol. The van der Waals surface area contributed by atoms with E-state index in [9.17, 15) is 14.4 Å². The van der Waals surface area contributed by atoms with E-state index in [4.69, 9.17) is 5.11 Å². The van der Waals surface area contributed by atoms with Crippen molar-refractivity contribution in [2.75, 3.05) is 12.3 Å². The molecule has 1 atom stereocenters. The molecular formula is C13H17NO4S. The van der Waals surface area contributed by atoms with Crippen LogP contribution in [0, 0.1) is 11.3 Å².